The van der Waals surface area contributed by atoms with Gasteiger partial charge in [0.05, 0.1) is 12.4 Å². The van der Waals surface area contributed by atoms with Gasteiger partial charge in [0, 0.05) is 13.1 Å². The fourth-order valence-electron chi connectivity index (χ4n) is 2.35. The molecule has 2 aromatic heterocycles. The third-order valence-corrected chi connectivity index (χ3v) is 3.57. The number of rotatable bonds is 1. The number of aliphatic hydroxyl groups is 1. The topological polar surface area (TPSA) is 77.9 Å². The van der Waals surface area contributed by atoms with E-state index < -0.39 is 0 Å². The van der Waals surface area contributed by atoms with Gasteiger partial charge in [0.1, 0.15) is 5.52 Å². The van der Waals surface area contributed by atoms with E-state index >= 15 is 0 Å². The minimum absolute atomic E-state index is 0.198. The smallest absolute Gasteiger partial charge is 0.226 e. The summed E-state index contributed by atoms with van der Waals surface area (Å²) in [5.74, 6) is 0.978. The fourth-order valence-corrected chi connectivity index (χ4v) is 2.51. The lowest BCUT2D eigenvalue weighted by atomic mass is 9.97. The second kappa shape index (κ2) is 4.37. The van der Waals surface area contributed by atoms with Crippen molar-refractivity contribution >= 4 is 28.6 Å². The molecule has 1 aliphatic heterocycles. The summed E-state index contributed by atoms with van der Waals surface area (Å²) in [6.45, 7) is 3.54. The highest BCUT2D eigenvalue weighted by Gasteiger charge is 2.26. The molecule has 0 bridgehead atoms. The van der Waals surface area contributed by atoms with Gasteiger partial charge >= 0.3 is 0 Å². The predicted octanol–water partition coefficient (Wildman–Crippen LogP) is 1.21. The predicted molar refractivity (Wildman–Crippen MR) is 68.7 cm³/mol. The SMILES string of the molecule is CC1CN(c2nc(Cl)nc3nc[nH]c23)CCC1O. The molecule has 0 amide bonds. The second-order valence-corrected chi connectivity index (χ2v) is 5.03. The van der Waals surface area contributed by atoms with E-state index in [0.29, 0.717) is 5.65 Å². The Labute approximate surface area is 109 Å². The molecule has 1 aliphatic rings. The van der Waals surface area contributed by atoms with Crippen molar-refractivity contribution in [3.63, 3.8) is 0 Å². The number of piperidine rings is 1. The molecule has 3 rings (SSSR count). The third kappa shape index (κ3) is 1.91. The van der Waals surface area contributed by atoms with Gasteiger partial charge in [0.2, 0.25) is 5.28 Å². The maximum atomic E-state index is 9.76. The molecule has 2 atom stereocenters. The van der Waals surface area contributed by atoms with Gasteiger partial charge in [-0.3, -0.25) is 0 Å². The van der Waals surface area contributed by atoms with Crippen molar-refractivity contribution in [3.8, 4) is 0 Å². The van der Waals surface area contributed by atoms with Crippen LogP contribution >= 0.6 is 11.6 Å². The van der Waals surface area contributed by atoms with Crippen LogP contribution in [-0.4, -0.2) is 44.2 Å². The molecule has 2 aromatic rings. The molecule has 1 saturated heterocycles. The van der Waals surface area contributed by atoms with Crippen LogP contribution in [0.15, 0.2) is 6.33 Å². The van der Waals surface area contributed by atoms with Gasteiger partial charge in [0.25, 0.3) is 0 Å². The zero-order chi connectivity index (χ0) is 12.7. The summed E-state index contributed by atoms with van der Waals surface area (Å²) >= 11 is 5.91. The molecule has 0 radical (unpaired) electrons. The zero-order valence-electron chi connectivity index (χ0n) is 9.97. The minimum atomic E-state index is -0.240. The summed E-state index contributed by atoms with van der Waals surface area (Å²) in [6.07, 6.45) is 2.08. The molecule has 1 fully saturated rings. The van der Waals surface area contributed by atoms with Crippen LogP contribution in [0.25, 0.3) is 11.2 Å². The Morgan fingerprint density at radius 1 is 1.50 bits per heavy atom. The normalized spacial score (nSPS) is 24.7. The fraction of sp³-hybridized carbons (Fsp3) is 0.545. The summed E-state index contributed by atoms with van der Waals surface area (Å²) in [4.78, 5) is 17.6. The van der Waals surface area contributed by atoms with E-state index in [-0.39, 0.29) is 17.3 Å². The molecule has 7 heteroatoms. The number of aromatic amines is 1. The van der Waals surface area contributed by atoms with Crippen LogP contribution in [0.3, 0.4) is 0 Å². The molecule has 2 unspecified atom stereocenters. The van der Waals surface area contributed by atoms with E-state index in [9.17, 15) is 5.11 Å². The average Bonchev–Trinajstić information content (AvgIpc) is 2.79. The maximum Gasteiger partial charge on any atom is 0.226 e. The largest absolute Gasteiger partial charge is 0.393 e. The number of hydrogen-bond donors (Lipinski definition) is 2. The number of H-pyrrole nitrogens is 1. The lowest BCUT2D eigenvalue weighted by Gasteiger charge is -2.35. The molecule has 0 aliphatic carbocycles. The molecule has 6 nitrogen and oxygen atoms in total. The van der Waals surface area contributed by atoms with E-state index in [0.717, 1.165) is 30.8 Å². The standard InChI is InChI=1S/C11H14ClN5O/c1-6-4-17(3-2-7(6)18)10-8-9(14-5-13-8)15-11(12)16-10/h5-7,18H,2-4H2,1H3,(H,13,14,15,16). The summed E-state index contributed by atoms with van der Waals surface area (Å²) in [6, 6.07) is 0. The lowest BCUT2D eigenvalue weighted by molar-refractivity contribution is 0.0969. The Bertz CT molecular complexity index is 572. The number of fused-ring (bicyclic) bond motifs is 1. The Balaban J connectivity index is 2.01. The van der Waals surface area contributed by atoms with Gasteiger partial charge in [-0.15, -0.1) is 0 Å². The van der Waals surface area contributed by atoms with Crippen LogP contribution in [0.4, 0.5) is 5.82 Å². The molecule has 0 saturated carbocycles. The Morgan fingerprint density at radius 2 is 2.33 bits per heavy atom. The molecular weight excluding hydrogens is 254 g/mol. The van der Waals surface area contributed by atoms with Crippen LogP contribution in [0.2, 0.25) is 5.28 Å². The van der Waals surface area contributed by atoms with Crippen molar-refractivity contribution in [1.29, 1.82) is 0 Å². The van der Waals surface area contributed by atoms with E-state index in [2.05, 4.69) is 24.8 Å². The van der Waals surface area contributed by atoms with Crippen LogP contribution < -0.4 is 4.90 Å². The highest BCUT2D eigenvalue weighted by Crippen LogP contribution is 2.27. The molecular formula is C11H14ClN5O. The van der Waals surface area contributed by atoms with Crippen molar-refractivity contribution in [3.05, 3.63) is 11.6 Å². The van der Waals surface area contributed by atoms with E-state index in [1.807, 2.05) is 6.92 Å². The van der Waals surface area contributed by atoms with Crippen molar-refractivity contribution in [1.82, 2.24) is 19.9 Å². The minimum Gasteiger partial charge on any atom is -0.393 e. The van der Waals surface area contributed by atoms with Crippen LogP contribution in [0.5, 0.6) is 0 Å². The Morgan fingerprint density at radius 3 is 3.11 bits per heavy atom. The third-order valence-electron chi connectivity index (χ3n) is 3.40. The molecule has 3 heterocycles. The first-order chi connectivity index (χ1) is 8.65. The van der Waals surface area contributed by atoms with Gasteiger partial charge < -0.3 is 15.0 Å². The molecule has 0 aromatic carbocycles. The number of anilines is 1. The average molecular weight is 268 g/mol. The lowest BCUT2D eigenvalue weighted by Crippen LogP contribution is -2.42. The first-order valence-electron chi connectivity index (χ1n) is 5.95. The number of halogens is 1. The number of imidazole rings is 1. The van der Waals surface area contributed by atoms with Crippen molar-refractivity contribution in [2.45, 2.75) is 19.4 Å². The van der Waals surface area contributed by atoms with Gasteiger partial charge in [-0.25, -0.2) is 4.98 Å². The van der Waals surface area contributed by atoms with Gasteiger partial charge in [-0.05, 0) is 23.9 Å². The number of nitrogens with zero attached hydrogens (tertiary/aromatic N) is 4. The number of aromatic nitrogens is 4. The van der Waals surface area contributed by atoms with Crippen molar-refractivity contribution < 1.29 is 5.11 Å². The van der Waals surface area contributed by atoms with E-state index in [4.69, 9.17) is 11.6 Å². The zero-order valence-corrected chi connectivity index (χ0v) is 10.7. The Kier molecular flexibility index (Phi) is 2.83. The number of aliphatic hydroxyl groups excluding tert-OH is 1. The quantitative estimate of drug-likeness (QED) is 0.760. The summed E-state index contributed by atoms with van der Waals surface area (Å²) < 4.78 is 0. The van der Waals surface area contributed by atoms with Gasteiger partial charge in [-0.1, -0.05) is 6.92 Å². The van der Waals surface area contributed by atoms with Crippen molar-refractivity contribution in [2.75, 3.05) is 18.0 Å². The van der Waals surface area contributed by atoms with E-state index in [1.54, 1.807) is 6.33 Å². The highest BCUT2D eigenvalue weighted by atomic mass is 35.5. The number of hydrogen-bond acceptors (Lipinski definition) is 5. The monoisotopic (exact) mass is 267 g/mol. The van der Waals surface area contributed by atoms with Gasteiger partial charge in [-0.2, -0.15) is 9.97 Å². The van der Waals surface area contributed by atoms with Crippen molar-refractivity contribution in [2.24, 2.45) is 5.92 Å². The van der Waals surface area contributed by atoms with Crippen LogP contribution in [-0.2, 0) is 0 Å². The molecule has 2 N–H and O–H groups in total. The van der Waals surface area contributed by atoms with E-state index in [1.165, 1.54) is 0 Å². The molecule has 96 valence electrons. The summed E-state index contributed by atoms with van der Waals surface area (Å²) in [5.41, 5.74) is 1.37. The van der Waals surface area contributed by atoms with Gasteiger partial charge in [0.15, 0.2) is 11.5 Å². The first-order valence-corrected chi connectivity index (χ1v) is 6.32. The summed E-state index contributed by atoms with van der Waals surface area (Å²) in [5, 5.41) is 9.96. The first kappa shape index (κ1) is 11.7. The van der Waals surface area contributed by atoms with Crippen LogP contribution in [0, 0.1) is 5.92 Å². The molecule has 0 spiro atoms. The highest BCUT2D eigenvalue weighted by molar-refractivity contribution is 6.28. The number of nitrogens with one attached hydrogen (secondary N) is 1. The van der Waals surface area contributed by atoms with Crippen LogP contribution in [0.1, 0.15) is 13.3 Å². The maximum absolute atomic E-state index is 9.76. The molecule has 18 heavy (non-hydrogen) atoms. The Hall–Kier alpha value is -1.40. The second-order valence-electron chi connectivity index (χ2n) is 4.70. The summed E-state index contributed by atoms with van der Waals surface area (Å²) in [7, 11) is 0.